The molecule has 1 fully saturated rings. The average molecular weight is 282 g/mol. The molecule has 4 N–H and O–H groups in total. The highest BCUT2D eigenvalue weighted by Crippen LogP contribution is 2.26. The van der Waals surface area contributed by atoms with Crippen molar-refractivity contribution in [3.8, 4) is 6.01 Å². The fourth-order valence-corrected chi connectivity index (χ4v) is 1.99. The molecule has 0 spiro atoms. The SMILES string of the molecule is CCOC1CC(Nc2nc(NN)nc(OC(C)C)n2)C1. The smallest absolute Gasteiger partial charge is 0.323 e. The van der Waals surface area contributed by atoms with Crippen LogP contribution in [0.15, 0.2) is 0 Å². The molecule has 1 aromatic rings. The monoisotopic (exact) mass is 282 g/mol. The second kappa shape index (κ2) is 6.67. The molecule has 1 aliphatic carbocycles. The van der Waals surface area contributed by atoms with E-state index < -0.39 is 0 Å². The van der Waals surface area contributed by atoms with E-state index in [1.54, 1.807) is 0 Å². The Bertz CT molecular complexity index is 436. The van der Waals surface area contributed by atoms with Crippen LogP contribution in [0.4, 0.5) is 11.9 Å². The predicted molar refractivity (Wildman–Crippen MR) is 75.5 cm³/mol. The second-order valence-corrected chi connectivity index (χ2v) is 4.97. The molecule has 1 aliphatic rings. The molecular weight excluding hydrogens is 260 g/mol. The Hall–Kier alpha value is -1.67. The predicted octanol–water partition coefficient (Wildman–Crippen LogP) is 0.924. The van der Waals surface area contributed by atoms with Crippen LogP contribution in [0.5, 0.6) is 6.01 Å². The number of anilines is 2. The molecule has 1 aromatic heterocycles. The molecule has 0 aromatic carbocycles. The van der Waals surface area contributed by atoms with Gasteiger partial charge in [0.2, 0.25) is 11.9 Å². The van der Waals surface area contributed by atoms with Gasteiger partial charge in [0.1, 0.15) is 0 Å². The Morgan fingerprint density at radius 1 is 1.25 bits per heavy atom. The van der Waals surface area contributed by atoms with E-state index in [4.69, 9.17) is 15.3 Å². The lowest BCUT2D eigenvalue weighted by molar-refractivity contribution is 0.00284. The van der Waals surface area contributed by atoms with E-state index in [0.29, 0.717) is 18.1 Å². The Morgan fingerprint density at radius 2 is 1.95 bits per heavy atom. The van der Waals surface area contributed by atoms with Crippen molar-refractivity contribution in [2.24, 2.45) is 5.84 Å². The quantitative estimate of drug-likeness (QED) is 0.500. The Labute approximate surface area is 118 Å². The summed E-state index contributed by atoms with van der Waals surface area (Å²) in [5, 5.41) is 3.24. The number of hydrogen-bond acceptors (Lipinski definition) is 8. The summed E-state index contributed by atoms with van der Waals surface area (Å²) in [7, 11) is 0. The summed E-state index contributed by atoms with van der Waals surface area (Å²) < 4.78 is 11.0. The van der Waals surface area contributed by atoms with Crippen LogP contribution in [0.2, 0.25) is 0 Å². The number of nitrogen functional groups attached to an aromatic ring is 1. The van der Waals surface area contributed by atoms with Crippen LogP contribution in [0.3, 0.4) is 0 Å². The van der Waals surface area contributed by atoms with Gasteiger partial charge in [0, 0.05) is 12.6 Å². The molecule has 112 valence electrons. The van der Waals surface area contributed by atoms with Crippen molar-refractivity contribution in [3.05, 3.63) is 0 Å². The van der Waals surface area contributed by atoms with Gasteiger partial charge in [-0.1, -0.05) is 0 Å². The first-order chi connectivity index (χ1) is 9.60. The van der Waals surface area contributed by atoms with Crippen molar-refractivity contribution < 1.29 is 9.47 Å². The highest BCUT2D eigenvalue weighted by Gasteiger charge is 2.30. The number of nitrogens with zero attached hydrogens (tertiary/aromatic N) is 3. The molecule has 1 saturated carbocycles. The van der Waals surface area contributed by atoms with E-state index in [9.17, 15) is 0 Å². The molecule has 20 heavy (non-hydrogen) atoms. The lowest BCUT2D eigenvalue weighted by atomic mass is 9.89. The molecule has 8 nitrogen and oxygen atoms in total. The van der Waals surface area contributed by atoms with E-state index in [1.807, 2.05) is 20.8 Å². The normalized spacial score (nSPS) is 21.4. The van der Waals surface area contributed by atoms with Crippen molar-refractivity contribution in [2.45, 2.75) is 51.9 Å². The van der Waals surface area contributed by atoms with Crippen molar-refractivity contribution in [2.75, 3.05) is 17.3 Å². The van der Waals surface area contributed by atoms with Crippen LogP contribution in [0.25, 0.3) is 0 Å². The summed E-state index contributed by atoms with van der Waals surface area (Å²) in [6.45, 7) is 6.56. The topological polar surface area (TPSA) is 107 Å². The van der Waals surface area contributed by atoms with Crippen molar-refractivity contribution >= 4 is 11.9 Å². The minimum Gasteiger partial charge on any atom is -0.461 e. The maximum Gasteiger partial charge on any atom is 0.323 e. The van der Waals surface area contributed by atoms with Gasteiger partial charge in [0.15, 0.2) is 0 Å². The molecule has 0 aliphatic heterocycles. The molecule has 0 saturated heterocycles. The van der Waals surface area contributed by atoms with E-state index in [2.05, 4.69) is 25.7 Å². The summed E-state index contributed by atoms with van der Waals surface area (Å²) in [6.07, 6.45) is 2.22. The van der Waals surface area contributed by atoms with Gasteiger partial charge in [0.05, 0.1) is 12.2 Å². The molecule has 8 heteroatoms. The number of hydrogen-bond donors (Lipinski definition) is 3. The number of nitrogens with one attached hydrogen (secondary N) is 2. The fourth-order valence-electron chi connectivity index (χ4n) is 1.99. The molecular formula is C12H22N6O2. The molecule has 0 unspecified atom stereocenters. The standard InChI is InChI=1S/C12H22N6O2/c1-4-19-9-5-8(6-9)14-10-15-11(18-13)17-12(16-10)20-7(2)3/h7-9H,4-6,13H2,1-3H3,(H2,14,15,16,17,18). The second-order valence-electron chi connectivity index (χ2n) is 4.97. The van der Waals surface area contributed by atoms with Crippen molar-refractivity contribution in [3.63, 3.8) is 0 Å². The minimum atomic E-state index is -0.0121. The first kappa shape index (κ1) is 14.7. The Morgan fingerprint density at radius 3 is 2.55 bits per heavy atom. The van der Waals surface area contributed by atoms with E-state index in [-0.39, 0.29) is 18.1 Å². The third-order valence-electron chi connectivity index (χ3n) is 2.92. The number of rotatable bonds is 7. The third kappa shape index (κ3) is 3.91. The zero-order valence-corrected chi connectivity index (χ0v) is 12.1. The molecule has 0 amide bonds. The maximum atomic E-state index is 5.52. The summed E-state index contributed by atoms with van der Waals surface area (Å²) in [4.78, 5) is 12.4. The van der Waals surface area contributed by atoms with Gasteiger partial charge in [-0.3, -0.25) is 5.43 Å². The van der Waals surface area contributed by atoms with E-state index >= 15 is 0 Å². The van der Waals surface area contributed by atoms with Gasteiger partial charge in [-0.05, 0) is 33.6 Å². The zero-order valence-electron chi connectivity index (χ0n) is 12.1. The third-order valence-corrected chi connectivity index (χ3v) is 2.92. The van der Waals surface area contributed by atoms with Gasteiger partial charge in [-0.2, -0.15) is 15.0 Å². The number of hydrazine groups is 1. The Balaban J connectivity index is 1.97. The molecule has 1 heterocycles. The molecule has 2 rings (SSSR count). The number of aromatic nitrogens is 3. The van der Waals surface area contributed by atoms with Gasteiger partial charge >= 0.3 is 6.01 Å². The maximum absolute atomic E-state index is 5.52. The fraction of sp³-hybridized carbons (Fsp3) is 0.750. The first-order valence-electron chi connectivity index (χ1n) is 6.88. The highest BCUT2D eigenvalue weighted by atomic mass is 16.5. The molecule has 0 radical (unpaired) electrons. The van der Waals surface area contributed by atoms with Crippen LogP contribution in [0.1, 0.15) is 33.6 Å². The van der Waals surface area contributed by atoms with Crippen molar-refractivity contribution in [1.82, 2.24) is 15.0 Å². The summed E-state index contributed by atoms with van der Waals surface area (Å²) in [6, 6.07) is 0.567. The largest absolute Gasteiger partial charge is 0.461 e. The van der Waals surface area contributed by atoms with Gasteiger partial charge in [-0.25, -0.2) is 5.84 Å². The average Bonchev–Trinajstić information content (AvgIpc) is 2.35. The number of ether oxygens (including phenoxy) is 2. The van der Waals surface area contributed by atoms with Gasteiger partial charge < -0.3 is 14.8 Å². The van der Waals surface area contributed by atoms with Crippen LogP contribution < -0.4 is 21.3 Å². The van der Waals surface area contributed by atoms with E-state index in [0.717, 1.165) is 19.4 Å². The van der Waals surface area contributed by atoms with Crippen LogP contribution in [0, 0.1) is 0 Å². The zero-order chi connectivity index (χ0) is 14.5. The summed E-state index contributed by atoms with van der Waals surface area (Å²) in [5.74, 6) is 6.09. The van der Waals surface area contributed by atoms with Crippen LogP contribution in [-0.4, -0.2) is 39.8 Å². The van der Waals surface area contributed by atoms with Crippen LogP contribution >= 0.6 is 0 Å². The molecule has 0 bridgehead atoms. The van der Waals surface area contributed by atoms with Crippen molar-refractivity contribution in [1.29, 1.82) is 0 Å². The van der Waals surface area contributed by atoms with Gasteiger partial charge in [-0.15, -0.1) is 0 Å². The van der Waals surface area contributed by atoms with Crippen LogP contribution in [-0.2, 0) is 4.74 Å². The molecule has 0 atom stereocenters. The lowest BCUT2D eigenvalue weighted by Crippen LogP contribution is -2.41. The summed E-state index contributed by atoms with van der Waals surface area (Å²) >= 11 is 0. The van der Waals surface area contributed by atoms with Gasteiger partial charge in [0.25, 0.3) is 0 Å². The summed E-state index contributed by atoms with van der Waals surface area (Å²) in [5.41, 5.74) is 2.41. The highest BCUT2D eigenvalue weighted by molar-refractivity contribution is 5.36. The number of nitrogens with two attached hydrogens (primary N) is 1. The van der Waals surface area contributed by atoms with E-state index in [1.165, 1.54) is 0 Å². The minimum absolute atomic E-state index is 0.0121. The lowest BCUT2D eigenvalue weighted by Gasteiger charge is -2.35. The first-order valence-corrected chi connectivity index (χ1v) is 6.88. The Kier molecular flexibility index (Phi) is 4.91.